The summed E-state index contributed by atoms with van der Waals surface area (Å²) in [6, 6.07) is 15.5. The summed E-state index contributed by atoms with van der Waals surface area (Å²) in [6.07, 6.45) is 13.1. The van der Waals surface area contributed by atoms with Gasteiger partial charge in [0, 0.05) is 34.7 Å². The van der Waals surface area contributed by atoms with Crippen molar-refractivity contribution in [2.24, 2.45) is 11.5 Å². The molecule has 0 fully saturated rings. The Kier molecular flexibility index (Phi) is 12.0. The van der Waals surface area contributed by atoms with Crippen LogP contribution in [0.5, 0.6) is 0 Å². The first kappa shape index (κ1) is 30.3. The second kappa shape index (κ2) is 14.7. The fraction of sp³-hybridized carbons (Fsp3) is 0.379. The van der Waals surface area contributed by atoms with Crippen LogP contribution in [0.2, 0.25) is 0 Å². The zero-order valence-corrected chi connectivity index (χ0v) is 22.8. The zero-order chi connectivity index (χ0) is 24.6. The van der Waals surface area contributed by atoms with Crippen molar-refractivity contribution < 1.29 is 8.83 Å². The van der Waals surface area contributed by atoms with Gasteiger partial charge in [-0.2, -0.15) is 0 Å². The SMILES string of the molecule is Cl.Cl.N=C(N)c1ccc2oc(CCCCCCCCCCCc3cc4cc(C(=N)N)ccc4o3)cc2c1. The average molecular weight is 546 g/mol. The Morgan fingerprint density at radius 1 is 0.541 bits per heavy atom. The minimum absolute atomic E-state index is 0. The summed E-state index contributed by atoms with van der Waals surface area (Å²) in [5, 5.41) is 17.2. The van der Waals surface area contributed by atoms with E-state index in [0.29, 0.717) is 0 Å². The Bertz CT molecular complexity index is 1210. The number of hydrogen-bond donors (Lipinski definition) is 4. The first-order valence-corrected chi connectivity index (χ1v) is 12.7. The smallest absolute Gasteiger partial charge is 0.134 e. The molecule has 0 unspecified atom stereocenters. The highest BCUT2D eigenvalue weighted by atomic mass is 35.5. The highest BCUT2D eigenvalue weighted by Gasteiger charge is 2.07. The van der Waals surface area contributed by atoms with E-state index in [1.807, 2.05) is 36.4 Å². The molecule has 0 aliphatic carbocycles. The molecule has 0 atom stereocenters. The minimum atomic E-state index is 0. The molecule has 6 nitrogen and oxygen atoms in total. The first-order valence-electron chi connectivity index (χ1n) is 12.7. The Hall–Kier alpha value is -2.96. The van der Waals surface area contributed by atoms with Gasteiger partial charge in [-0.15, -0.1) is 24.8 Å². The number of aryl methyl sites for hydroxylation is 2. The number of halogens is 2. The summed E-state index contributed by atoms with van der Waals surface area (Å²) >= 11 is 0. The maximum atomic E-state index is 7.56. The predicted octanol–water partition coefficient (Wildman–Crippen LogP) is 7.89. The number of rotatable bonds is 14. The second-order valence-corrected chi connectivity index (χ2v) is 9.44. The Balaban J connectivity index is 0.00000241. The van der Waals surface area contributed by atoms with Crippen molar-refractivity contribution >= 4 is 58.4 Å². The molecule has 0 amide bonds. The lowest BCUT2D eigenvalue weighted by Crippen LogP contribution is -2.10. The Morgan fingerprint density at radius 3 is 1.24 bits per heavy atom. The third kappa shape index (κ3) is 8.54. The second-order valence-electron chi connectivity index (χ2n) is 9.44. The highest BCUT2D eigenvalue weighted by molar-refractivity contribution is 5.99. The van der Waals surface area contributed by atoms with Crippen LogP contribution in [0.4, 0.5) is 0 Å². The number of fused-ring (bicyclic) bond motifs is 2. The fourth-order valence-corrected chi connectivity index (χ4v) is 4.61. The van der Waals surface area contributed by atoms with Crippen molar-refractivity contribution in [3.63, 3.8) is 0 Å². The summed E-state index contributed by atoms with van der Waals surface area (Å²) < 4.78 is 11.8. The van der Waals surface area contributed by atoms with Crippen LogP contribution < -0.4 is 11.5 Å². The molecule has 0 radical (unpaired) electrons. The lowest BCUT2D eigenvalue weighted by molar-refractivity contribution is 0.508. The maximum Gasteiger partial charge on any atom is 0.134 e. The van der Waals surface area contributed by atoms with Gasteiger partial charge in [0.2, 0.25) is 0 Å². The Morgan fingerprint density at radius 2 is 0.892 bits per heavy atom. The molecule has 0 aliphatic heterocycles. The van der Waals surface area contributed by atoms with E-state index in [9.17, 15) is 0 Å². The monoisotopic (exact) mass is 544 g/mol. The van der Waals surface area contributed by atoms with Crippen LogP contribution in [-0.4, -0.2) is 11.7 Å². The van der Waals surface area contributed by atoms with Crippen LogP contribution in [0.3, 0.4) is 0 Å². The van der Waals surface area contributed by atoms with Gasteiger partial charge in [-0.3, -0.25) is 10.8 Å². The Labute approximate surface area is 231 Å². The van der Waals surface area contributed by atoms with Crippen molar-refractivity contribution in [2.45, 2.75) is 70.6 Å². The summed E-state index contributed by atoms with van der Waals surface area (Å²) in [5.74, 6) is 2.21. The van der Waals surface area contributed by atoms with Crippen molar-refractivity contribution in [2.75, 3.05) is 0 Å². The molecule has 6 N–H and O–H groups in total. The molecular formula is C29H38Cl2N4O2. The zero-order valence-electron chi connectivity index (χ0n) is 21.2. The molecule has 2 aromatic heterocycles. The molecule has 0 saturated carbocycles. The minimum Gasteiger partial charge on any atom is -0.461 e. The van der Waals surface area contributed by atoms with E-state index in [-0.39, 0.29) is 36.5 Å². The van der Waals surface area contributed by atoms with Gasteiger partial charge in [0.15, 0.2) is 0 Å². The maximum absolute atomic E-state index is 7.56. The van der Waals surface area contributed by atoms with E-state index in [1.165, 1.54) is 44.9 Å². The number of benzene rings is 2. The number of nitrogens with one attached hydrogen (secondary N) is 2. The summed E-state index contributed by atoms with van der Waals surface area (Å²) in [6.45, 7) is 0. The summed E-state index contributed by atoms with van der Waals surface area (Å²) in [5.41, 5.74) is 14.4. The average Bonchev–Trinajstić information content (AvgIpc) is 3.44. The van der Waals surface area contributed by atoms with Gasteiger partial charge in [0.05, 0.1) is 0 Å². The van der Waals surface area contributed by atoms with Crippen LogP contribution >= 0.6 is 24.8 Å². The molecule has 2 heterocycles. The van der Waals surface area contributed by atoms with Crippen molar-refractivity contribution in [1.29, 1.82) is 10.8 Å². The van der Waals surface area contributed by atoms with E-state index >= 15 is 0 Å². The van der Waals surface area contributed by atoms with E-state index in [1.54, 1.807) is 0 Å². The predicted molar refractivity (Wildman–Crippen MR) is 158 cm³/mol. The summed E-state index contributed by atoms with van der Waals surface area (Å²) in [4.78, 5) is 0. The molecule has 2 aromatic carbocycles. The van der Waals surface area contributed by atoms with Gasteiger partial charge >= 0.3 is 0 Å². The third-order valence-electron chi connectivity index (χ3n) is 6.60. The van der Waals surface area contributed by atoms with E-state index in [2.05, 4.69) is 12.1 Å². The van der Waals surface area contributed by atoms with Gasteiger partial charge < -0.3 is 20.3 Å². The molecule has 200 valence electrons. The molecule has 0 bridgehead atoms. The van der Waals surface area contributed by atoms with E-state index in [0.717, 1.165) is 70.3 Å². The van der Waals surface area contributed by atoms with Crippen molar-refractivity contribution in [1.82, 2.24) is 0 Å². The fourth-order valence-electron chi connectivity index (χ4n) is 4.61. The molecule has 4 aromatic rings. The molecule has 37 heavy (non-hydrogen) atoms. The number of hydrogen-bond acceptors (Lipinski definition) is 4. The normalized spacial score (nSPS) is 10.8. The number of nitrogens with two attached hydrogens (primary N) is 2. The van der Waals surface area contributed by atoms with Gasteiger partial charge in [0.1, 0.15) is 34.4 Å². The third-order valence-corrected chi connectivity index (χ3v) is 6.60. The highest BCUT2D eigenvalue weighted by Crippen LogP contribution is 2.24. The molecule has 0 spiro atoms. The van der Waals surface area contributed by atoms with Crippen LogP contribution in [0.15, 0.2) is 57.4 Å². The first-order chi connectivity index (χ1) is 17.0. The van der Waals surface area contributed by atoms with Gasteiger partial charge in [-0.25, -0.2) is 0 Å². The lowest BCUT2D eigenvalue weighted by Gasteiger charge is -2.02. The molecule has 8 heteroatoms. The van der Waals surface area contributed by atoms with Gasteiger partial charge in [0.25, 0.3) is 0 Å². The summed E-state index contributed by atoms with van der Waals surface area (Å²) in [7, 11) is 0. The molecular weight excluding hydrogens is 507 g/mol. The van der Waals surface area contributed by atoms with Crippen molar-refractivity contribution in [3.05, 3.63) is 71.2 Å². The van der Waals surface area contributed by atoms with Gasteiger partial charge in [-0.1, -0.05) is 44.9 Å². The molecule has 0 aliphatic rings. The van der Waals surface area contributed by atoms with Crippen LogP contribution in [-0.2, 0) is 12.8 Å². The van der Waals surface area contributed by atoms with Gasteiger partial charge in [-0.05, 0) is 61.4 Å². The van der Waals surface area contributed by atoms with Crippen molar-refractivity contribution in [3.8, 4) is 0 Å². The lowest BCUT2D eigenvalue weighted by atomic mass is 10.0. The standard InChI is InChI=1S/C29H36N4O2.2ClH/c30-28(31)20-12-14-26-22(16-20)18-24(34-26)10-8-6-4-2-1-3-5-7-9-11-25-19-23-17-21(29(32)33)13-15-27(23)35-25;;/h12-19H,1-11H2,(H3,30,31)(H3,32,33);2*1H. The number of amidine groups is 2. The topological polar surface area (TPSA) is 126 Å². The van der Waals surface area contributed by atoms with E-state index < -0.39 is 0 Å². The number of unbranched alkanes of at least 4 members (excludes halogenated alkanes) is 8. The van der Waals surface area contributed by atoms with Crippen LogP contribution in [0, 0.1) is 10.8 Å². The number of furan rings is 2. The number of nitrogen functional groups attached to an aromatic ring is 2. The van der Waals surface area contributed by atoms with E-state index in [4.69, 9.17) is 31.1 Å². The molecule has 0 saturated heterocycles. The van der Waals surface area contributed by atoms with Crippen LogP contribution in [0.1, 0.15) is 80.4 Å². The quantitative estimate of drug-likeness (QED) is 0.0730. The van der Waals surface area contributed by atoms with Crippen LogP contribution in [0.25, 0.3) is 21.9 Å². The largest absolute Gasteiger partial charge is 0.461 e. The molecule has 4 rings (SSSR count).